The molecule has 2 rings (SSSR count). The summed E-state index contributed by atoms with van der Waals surface area (Å²) in [7, 11) is 0. The topological polar surface area (TPSA) is 41.5 Å². The predicted octanol–water partition coefficient (Wildman–Crippen LogP) is 3.63. The number of halogens is 2. The molecule has 0 saturated carbocycles. The molecule has 2 N–H and O–H groups in total. The predicted molar refractivity (Wildman–Crippen MR) is 88.8 cm³/mol. The first-order chi connectivity index (χ1) is 10.1. The number of benzene rings is 2. The highest BCUT2D eigenvalue weighted by Gasteiger charge is 2.07. The van der Waals surface area contributed by atoms with Gasteiger partial charge in [0.05, 0.1) is 5.02 Å². The number of nitrogens with one attached hydrogen (secondary N) is 1. The highest BCUT2D eigenvalue weighted by atomic mass is 79.9. The molecule has 1 unspecified atom stereocenters. The molecule has 112 valence electrons. The molecule has 0 radical (unpaired) electrons. The van der Waals surface area contributed by atoms with Crippen LogP contribution in [0.1, 0.15) is 5.56 Å². The van der Waals surface area contributed by atoms with Crippen molar-refractivity contribution in [3.8, 4) is 5.75 Å². The first kappa shape index (κ1) is 16.3. The van der Waals surface area contributed by atoms with Crippen molar-refractivity contribution in [1.82, 2.24) is 5.32 Å². The highest BCUT2D eigenvalue weighted by molar-refractivity contribution is 9.10. The third-order valence-corrected chi connectivity index (χ3v) is 3.67. The van der Waals surface area contributed by atoms with E-state index < -0.39 is 6.10 Å². The van der Waals surface area contributed by atoms with Gasteiger partial charge in [-0.2, -0.15) is 0 Å². The van der Waals surface area contributed by atoms with Crippen molar-refractivity contribution in [2.45, 2.75) is 12.6 Å². The number of rotatable bonds is 7. The Hall–Kier alpha value is -1.07. The van der Waals surface area contributed by atoms with Gasteiger partial charge in [0.2, 0.25) is 0 Å². The van der Waals surface area contributed by atoms with Crippen LogP contribution >= 0.6 is 27.5 Å². The molecule has 0 heterocycles. The molecular weight excluding hydrogens is 354 g/mol. The molecule has 0 bridgehead atoms. The number of aliphatic hydroxyl groups is 1. The summed E-state index contributed by atoms with van der Waals surface area (Å²) in [5.41, 5.74) is 1.16. The average Bonchev–Trinajstić information content (AvgIpc) is 2.46. The standard InChI is InChI=1S/C16H17BrClNO2/c17-13-5-3-4-12(8-13)9-19-10-14(20)11-21-16-7-2-1-6-15(16)18/h1-8,14,19-20H,9-11H2. The van der Waals surface area contributed by atoms with Crippen LogP contribution in [0.2, 0.25) is 5.02 Å². The van der Waals surface area contributed by atoms with Crippen molar-refractivity contribution in [2.75, 3.05) is 13.2 Å². The molecule has 0 aromatic heterocycles. The maximum atomic E-state index is 9.89. The molecule has 0 aliphatic heterocycles. The third-order valence-electron chi connectivity index (χ3n) is 2.87. The zero-order valence-electron chi connectivity index (χ0n) is 11.4. The molecule has 0 aliphatic rings. The van der Waals surface area contributed by atoms with Gasteiger partial charge >= 0.3 is 0 Å². The molecule has 0 spiro atoms. The number of hydrogen-bond acceptors (Lipinski definition) is 3. The van der Waals surface area contributed by atoms with E-state index in [-0.39, 0.29) is 6.61 Å². The van der Waals surface area contributed by atoms with E-state index in [1.54, 1.807) is 12.1 Å². The van der Waals surface area contributed by atoms with E-state index in [0.717, 1.165) is 10.0 Å². The lowest BCUT2D eigenvalue weighted by atomic mass is 10.2. The zero-order chi connectivity index (χ0) is 15.1. The summed E-state index contributed by atoms with van der Waals surface area (Å²) in [6, 6.07) is 15.3. The fourth-order valence-corrected chi connectivity index (χ4v) is 2.47. The van der Waals surface area contributed by atoms with Crippen molar-refractivity contribution in [1.29, 1.82) is 0 Å². The van der Waals surface area contributed by atoms with Crippen molar-refractivity contribution < 1.29 is 9.84 Å². The summed E-state index contributed by atoms with van der Waals surface area (Å²) in [4.78, 5) is 0. The molecule has 0 aliphatic carbocycles. The first-order valence-electron chi connectivity index (χ1n) is 6.65. The summed E-state index contributed by atoms with van der Waals surface area (Å²) in [6.45, 7) is 1.36. The minimum Gasteiger partial charge on any atom is -0.489 e. The fourth-order valence-electron chi connectivity index (χ4n) is 1.84. The van der Waals surface area contributed by atoms with Gasteiger partial charge in [-0.3, -0.25) is 0 Å². The van der Waals surface area contributed by atoms with Gasteiger partial charge < -0.3 is 15.2 Å². The second kappa shape index (κ2) is 8.39. The Morgan fingerprint density at radius 3 is 2.76 bits per heavy atom. The molecule has 21 heavy (non-hydrogen) atoms. The van der Waals surface area contributed by atoms with Crippen molar-refractivity contribution in [3.63, 3.8) is 0 Å². The first-order valence-corrected chi connectivity index (χ1v) is 7.83. The van der Waals surface area contributed by atoms with Gasteiger partial charge in [0.15, 0.2) is 0 Å². The lowest BCUT2D eigenvalue weighted by Gasteiger charge is -2.14. The van der Waals surface area contributed by atoms with Crippen LogP contribution in [-0.2, 0) is 6.54 Å². The van der Waals surface area contributed by atoms with Crippen LogP contribution in [0.25, 0.3) is 0 Å². The van der Waals surface area contributed by atoms with Crippen LogP contribution in [0.15, 0.2) is 53.0 Å². The summed E-state index contributed by atoms with van der Waals surface area (Å²) < 4.78 is 6.54. The maximum Gasteiger partial charge on any atom is 0.138 e. The van der Waals surface area contributed by atoms with Crippen LogP contribution < -0.4 is 10.1 Å². The van der Waals surface area contributed by atoms with Crippen LogP contribution in [0.4, 0.5) is 0 Å². The van der Waals surface area contributed by atoms with Crippen LogP contribution in [0.5, 0.6) is 5.75 Å². The summed E-state index contributed by atoms with van der Waals surface area (Å²) in [6.07, 6.45) is -0.589. The van der Waals surface area contributed by atoms with E-state index in [1.165, 1.54) is 0 Å². The molecule has 2 aromatic rings. The largest absolute Gasteiger partial charge is 0.489 e. The van der Waals surface area contributed by atoms with Crippen molar-refractivity contribution in [3.05, 3.63) is 63.6 Å². The Bertz CT molecular complexity index is 580. The van der Waals surface area contributed by atoms with Crippen molar-refractivity contribution in [2.24, 2.45) is 0 Å². The minimum atomic E-state index is -0.589. The third kappa shape index (κ3) is 5.67. The zero-order valence-corrected chi connectivity index (χ0v) is 13.8. The summed E-state index contributed by atoms with van der Waals surface area (Å²) in [5.74, 6) is 0.588. The lowest BCUT2D eigenvalue weighted by molar-refractivity contribution is 0.106. The maximum absolute atomic E-state index is 9.89. The summed E-state index contributed by atoms with van der Waals surface area (Å²) in [5, 5.41) is 13.6. The van der Waals surface area contributed by atoms with Crippen LogP contribution in [-0.4, -0.2) is 24.4 Å². The monoisotopic (exact) mass is 369 g/mol. The van der Waals surface area contributed by atoms with Gasteiger partial charge in [0.25, 0.3) is 0 Å². The van der Waals surface area contributed by atoms with Gasteiger partial charge in [0.1, 0.15) is 18.5 Å². The lowest BCUT2D eigenvalue weighted by Crippen LogP contribution is -2.31. The smallest absolute Gasteiger partial charge is 0.138 e. The quantitative estimate of drug-likeness (QED) is 0.782. The molecule has 3 nitrogen and oxygen atoms in total. The molecule has 0 amide bonds. The molecule has 0 saturated heterocycles. The Morgan fingerprint density at radius 1 is 1.19 bits per heavy atom. The van der Waals surface area contributed by atoms with Crippen LogP contribution in [0.3, 0.4) is 0 Å². The Balaban J connectivity index is 1.70. The number of aliphatic hydroxyl groups excluding tert-OH is 1. The van der Waals surface area contributed by atoms with Gasteiger partial charge in [-0.1, -0.05) is 51.8 Å². The average molecular weight is 371 g/mol. The highest BCUT2D eigenvalue weighted by Crippen LogP contribution is 2.23. The van der Waals surface area contributed by atoms with E-state index in [1.807, 2.05) is 36.4 Å². The van der Waals surface area contributed by atoms with E-state index in [0.29, 0.717) is 23.9 Å². The van der Waals surface area contributed by atoms with E-state index in [9.17, 15) is 5.11 Å². The molecule has 2 aromatic carbocycles. The SMILES string of the molecule is OC(CNCc1cccc(Br)c1)COc1ccccc1Cl. The van der Waals surface area contributed by atoms with Gasteiger partial charge in [-0.25, -0.2) is 0 Å². The molecule has 5 heteroatoms. The Kier molecular flexibility index (Phi) is 6.51. The van der Waals surface area contributed by atoms with Gasteiger partial charge in [-0.05, 0) is 29.8 Å². The minimum absolute atomic E-state index is 0.204. The normalized spacial score (nSPS) is 12.1. The molecular formula is C16H17BrClNO2. The molecule has 1 atom stereocenters. The second-order valence-corrected chi connectivity index (χ2v) is 5.98. The van der Waals surface area contributed by atoms with E-state index in [2.05, 4.69) is 21.2 Å². The molecule has 0 fully saturated rings. The van der Waals surface area contributed by atoms with Crippen molar-refractivity contribution >= 4 is 27.5 Å². The number of para-hydroxylation sites is 1. The Morgan fingerprint density at radius 2 is 2.00 bits per heavy atom. The number of hydrogen-bond donors (Lipinski definition) is 2. The van der Waals surface area contributed by atoms with Crippen LogP contribution in [0, 0.1) is 0 Å². The fraction of sp³-hybridized carbons (Fsp3) is 0.250. The van der Waals surface area contributed by atoms with Gasteiger partial charge in [0, 0.05) is 17.6 Å². The second-order valence-electron chi connectivity index (χ2n) is 4.66. The Labute approximate surface area is 138 Å². The van der Waals surface area contributed by atoms with E-state index >= 15 is 0 Å². The van der Waals surface area contributed by atoms with Gasteiger partial charge in [-0.15, -0.1) is 0 Å². The van der Waals surface area contributed by atoms with E-state index in [4.69, 9.17) is 16.3 Å². The summed E-state index contributed by atoms with van der Waals surface area (Å²) >= 11 is 9.41. The number of ether oxygens (including phenoxy) is 1.